The van der Waals surface area contributed by atoms with Crippen LogP contribution in [0.1, 0.15) is 46.5 Å². The number of hydrogen-bond acceptors (Lipinski definition) is 3. The number of ether oxygens (including phenoxy) is 1. The molecular formula is C18H28N2O3. The van der Waals surface area contributed by atoms with Crippen molar-refractivity contribution in [3.63, 3.8) is 0 Å². The van der Waals surface area contributed by atoms with Gasteiger partial charge in [-0.1, -0.05) is 33.1 Å². The van der Waals surface area contributed by atoms with E-state index in [2.05, 4.69) is 24.5 Å². The van der Waals surface area contributed by atoms with Crippen molar-refractivity contribution < 1.29 is 14.3 Å². The summed E-state index contributed by atoms with van der Waals surface area (Å²) in [4.78, 5) is 23.7. The minimum atomic E-state index is -0.639. The molecular weight excluding hydrogens is 292 g/mol. The van der Waals surface area contributed by atoms with Gasteiger partial charge in [0.15, 0.2) is 0 Å². The number of anilines is 1. The Morgan fingerprint density at radius 2 is 1.78 bits per heavy atom. The molecule has 1 atom stereocenters. The largest absolute Gasteiger partial charge is 0.494 e. The molecule has 1 aromatic carbocycles. The highest BCUT2D eigenvalue weighted by Crippen LogP contribution is 2.15. The number of hydrogen-bond donors (Lipinski definition) is 2. The van der Waals surface area contributed by atoms with Gasteiger partial charge in [0, 0.05) is 12.2 Å². The highest BCUT2D eigenvalue weighted by molar-refractivity contribution is 6.39. The summed E-state index contributed by atoms with van der Waals surface area (Å²) in [6.45, 7) is 7.29. The maximum atomic E-state index is 11.9. The van der Waals surface area contributed by atoms with Crippen LogP contribution in [0.2, 0.25) is 0 Å². The molecule has 1 rings (SSSR count). The van der Waals surface area contributed by atoms with Gasteiger partial charge in [-0.3, -0.25) is 9.59 Å². The lowest BCUT2D eigenvalue weighted by Gasteiger charge is -2.15. The van der Waals surface area contributed by atoms with Gasteiger partial charge >= 0.3 is 11.8 Å². The third-order valence-electron chi connectivity index (χ3n) is 3.72. The molecule has 0 aliphatic rings. The van der Waals surface area contributed by atoms with Crippen molar-refractivity contribution >= 4 is 17.5 Å². The van der Waals surface area contributed by atoms with E-state index in [4.69, 9.17) is 4.74 Å². The second-order valence-electron chi connectivity index (χ2n) is 5.54. The van der Waals surface area contributed by atoms with Crippen LogP contribution < -0.4 is 15.4 Å². The van der Waals surface area contributed by atoms with E-state index in [0.717, 1.165) is 31.4 Å². The minimum Gasteiger partial charge on any atom is -0.494 e. The quantitative estimate of drug-likeness (QED) is 0.686. The molecule has 0 fully saturated rings. The van der Waals surface area contributed by atoms with Gasteiger partial charge < -0.3 is 15.4 Å². The fourth-order valence-corrected chi connectivity index (χ4v) is 2.25. The molecule has 128 valence electrons. The van der Waals surface area contributed by atoms with Crippen LogP contribution in [-0.2, 0) is 9.59 Å². The highest BCUT2D eigenvalue weighted by atomic mass is 16.5. The summed E-state index contributed by atoms with van der Waals surface area (Å²) in [7, 11) is 0. The topological polar surface area (TPSA) is 67.4 Å². The smallest absolute Gasteiger partial charge is 0.313 e. The fraction of sp³-hybridized carbons (Fsp3) is 0.556. The Morgan fingerprint density at radius 3 is 2.35 bits per heavy atom. The van der Waals surface area contributed by atoms with Crippen LogP contribution in [0.15, 0.2) is 24.3 Å². The third-order valence-corrected chi connectivity index (χ3v) is 3.72. The van der Waals surface area contributed by atoms with Crippen molar-refractivity contribution in [2.75, 3.05) is 18.5 Å². The molecule has 0 saturated heterocycles. The van der Waals surface area contributed by atoms with E-state index in [1.165, 1.54) is 0 Å². The Balaban J connectivity index is 2.42. The van der Waals surface area contributed by atoms with E-state index in [-0.39, 0.29) is 0 Å². The van der Waals surface area contributed by atoms with Crippen molar-refractivity contribution in [3.05, 3.63) is 24.3 Å². The molecule has 0 aromatic heterocycles. The Morgan fingerprint density at radius 1 is 1.09 bits per heavy atom. The number of carbonyl (C=O) groups excluding carboxylic acids is 2. The van der Waals surface area contributed by atoms with Gasteiger partial charge in [0.1, 0.15) is 5.75 Å². The summed E-state index contributed by atoms with van der Waals surface area (Å²) in [5, 5.41) is 5.31. The zero-order valence-corrected chi connectivity index (χ0v) is 14.4. The second kappa shape index (κ2) is 10.6. The zero-order chi connectivity index (χ0) is 17.1. The lowest BCUT2D eigenvalue weighted by Crippen LogP contribution is -2.38. The SMILES string of the molecule is CCCCC(CC)CNC(=O)C(=O)Nc1ccc(OCC)cc1. The van der Waals surface area contributed by atoms with E-state index in [0.29, 0.717) is 24.8 Å². The van der Waals surface area contributed by atoms with Gasteiger partial charge in [0.25, 0.3) is 0 Å². The molecule has 0 bridgehead atoms. The molecule has 0 aliphatic carbocycles. The van der Waals surface area contributed by atoms with Crippen LogP contribution >= 0.6 is 0 Å². The van der Waals surface area contributed by atoms with Gasteiger partial charge in [-0.25, -0.2) is 0 Å². The first-order valence-corrected chi connectivity index (χ1v) is 8.42. The number of nitrogens with one attached hydrogen (secondary N) is 2. The second-order valence-corrected chi connectivity index (χ2v) is 5.54. The molecule has 0 aliphatic heterocycles. The van der Waals surface area contributed by atoms with Crippen LogP contribution in [-0.4, -0.2) is 25.0 Å². The Hall–Kier alpha value is -2.04. The van der Waals surface area contributed by atoms with Gasteiger partial charge in [-0.15, -0.1) is 0 Å². The Kier molecular flexibility index (Phi) is 8.80. The summed E-state index contributed by atoms with van der Waals surface area (Å²) in [5.74, 6) is -0.0674. The molecule has 0 spiro atoms. The van der Waals surface area contributed by atoms with Crippen LogP contribution in [0, 0.1) is 5.92 Å². The van der Waals surface area contributed by atoms with Crippen molar-refractivity contribution in [1.29, 1.82) is 0 Å². The lowest BCUT2D eigenvalue weighted by atomic mass is 9.99. The maximum absolute atomic E-state index is 11.9. The summed E-state index contributed by atoms with van der Waals surface area (Å²) in [6, 6.07) is 6.95. The number of amides is 2. The van der Waals surface area contributed by atoms with Crippen molar-refractivity contribution in [2.24, 2.45) is 5.92 Å². The number of benzene rings is 1. The molecule has 1 aromatic rings. The number of carbonyl (C=O) groups is 2. The van der Waals surface area contributed by atoms with E-state index < -0.39 is 11.8 Å². The third kappa shape index (κ3) is 7.17. The molecule has 2 N–H and O–H groups in total. The molecule has 1 unspecified atom stereocenters. The average molecular weight is 320 g/mol. The zero-order valence-electron chi connectivity index (χ0n) is 14.4. The molecule has 23 heavy (non-hydrogen) atoms. The summed E-state index contributed by atoms with van der Waals surface area (Å²) in [5.41, 5.74) is 0.576. The highest BCUT2D eigenvalue weighted by Gasteiger charge is 2.15. The van der Waals surface area contributed by atoms with Gasteiger partial charge in [-0.2, -0.15) is 0 Å². The first kappa shape index (κ1) is 19.0. The van der Waals surface area contributed by atoms with Crippen molar-refractivity contribution in [1.82, 2.24) is 5.32 Å². The van der Waals surface area contributed by atoms with Crippen LogP contribution in [0.4, 0.5) is 5.69 Å². The van der Waals surface area contributed by atoms with Crippen molar-refractivity contribution in [2.45, 2.75) is 46.5 Å². The molecule has 5 nitrogen and oxygen atoms in total. The van der Waals surface area contributed by atoms with Gasteiger partial charge in [-0.05, 0) is 43.5 Å². The molecule has 0 heterocycles. The molecule has 5 heteroatoms. The van der Waals surface area contributed by atoms with Crippen molar-refractivity contribution in [3.8, 4) is 5.75 Å². The van der Waals surface area contributed by atoms with Crippen LogP contribution in [0.3, 0.4) is 0 Å². The van der Waals surface area contributed by atoms with Crippen LogP contribution in [0.25, 0.3) is 0 Å². The standard InChI is InChI=1S/C18H28N2O3/c1-4-7-8-14(5-2)13-19-17(21)18(22)20-15-9-11-16(12-10-15)23-6-3/h9-12,14H,4-8,13H2,1-3H3,(H,19,21)(H,20,22). The van der Waals surface area contributed by atoms with E-state index >= 15 is 0 Å². The molecule has 0 radical (unpaired) electrons. The average Bonchev–Trinajstić information content (AvgIpc) is 2.56. The maximum Gasteiger partial charge on any atom is 0.313 e. The monoisotopic (exact) mass is 320 g/mol. The van der Waals surface area contributed by atoms with Crippen LogP contribution in [0.5, 0.6) is 5.75 Å². The first-order chi connectivity index (χ1) is 11.1. The molecule has 2 amide bonds. The van der Waals surface area contributed by atoms with E-state index in [1.54, 1.807) is 24.3 Å². The van der Waals surface area contributed by atoms with Gasteiger partial charge in [0.05, 0.1) is 6.61 Å². The summed E-state index contributed by atoms with van der Waals surface area (Å²) < 4.78 is 5.33. The predicted molar refractivity (Wildman–Crippen MR) is 92.6 cm³/mol. The van der Waals surface area contributed by atoms with E-state index in [9.17, 15) is 9.59 Å². The minimum absolute atomic E-state index is 0.428. The first-order valence-electron chi connectivity index (χ1n) is 8.42. The number of rotatable bonds is 9. The summed E-state index contributed by atoms with van der Waals surface area (Å²) in [6.07, 6.45) is 4.37. The van der Waals surface area contributed by atoms with Gasteiger partial charge in [0.2, 0.25) is 0 Å². The summed E-state index contributed by atoms with van der Waals surface area (Å²) >= 11 is 0. The number of unbranched alkanes of at least 4 members (excludes halogenated alkanes) is 1. The normalized spacial score (nSPS) is 11.6. The lowest BCUT2D eigenvalue weighted by molar-refractivity contribution is -0.136. The fourth-order valence-electron chi connectivity index (χ4n) is 2.25. The molecule has 0 saturated carbocycles. The predicted octanol–water partition coefficient (Wildman–Crippen LogP) is 3.36. The Labute approximate surface area is 138 Å². The van der Waals surface area contributed by atoms with E-state index in [1.807, 2.05) is 6.92 Å². The Bertz CT molecular complexity index is 486.